The van der Waals surface area contributed by atoms with E-state index in [1.165, 1.54) is 21.0 Å². The molecule has 5 heteroatoms. The number of hydrogen-bond donors (Lipinski definition) is 0. The topological polar surface area (TPSA) is 60.4 Å². The summed E-state index contributed by atoms with van der Waals surface area (Å²) in [5, 5.41) is -0.999. The molecular formula is C12H16O4S. The first kappa shape index (κ1) is 13.7. The summed E-state index contributed by atoms with van der Waals surface area (Å²) in [5.74, 6) is 0.220. The van der Waals surface area contributed by atoms with Crippen LogP contribution in [0.2, 0.25) is 0 Å². The van der Waals surface area contributed by atoms with Gasteiger partial charge >= 0.3 is 0 Å². The van der Waals surface area contributed by atoms with E-state index in [2.05, 4.69) is 0 Å². The van der Waals surface area contributed by atoms with Gasteiger partial charge in [0.25, 0.3) is 0 Å². The second kappa shape index (κ2) is 5.31. The highest BCUT2D eigenvalue weighted by molar-refractivity contribution is 7.92. The molecule has 4 nitrogen and oxygen atoms in total. The van der Waals surface area contributed by atoms with Crippen LogP contribution in [-0.4, -0.2) is 32.3 Å². The smallest absolute Gasteiger partial charge is 0.180 e. The molecule has 0 bridgehead atoms. The van der Waals surface area contributed by atoms with Crippen molar-refractivity contribution in [3.63, 3.8) is 0 Å². The Bertz CT molecular complexity index is 488. The maximum Gasteiger partial charge on any atom is 0.180 e. The molecule has 17 heavy (non-hydrogen) atoms. The van der Waals surface area contributed by atoms with E-state index < -0.39 is 15.1 Å². The fourth-order valence-corrected chi connectivity index (χ4v) is 2.37. The third kappa shape index (κ3) is 3.06. The summed E-state index contributed by atoms with van der Waals surface area (Å²) in [5.41, 5.74) is 0.385. The first-order chi connectivity index (χ1) is 7.92. The fourth-order valence-electron chi connectivity index (χ4n) is 1.40. The van der Waals surface area contributed by atoms with E-state index in [1.807, 2.05) is 0 Å². The zero-order valence-corrected chi connectivity index (χ0v) is 11.0. The van der Waals surface area contributed by atoms with Crippen LogP contribution in [0, 0.1) is 0 Å². The van der Waals surface area contributed by atoms with Gasteiger partial charge in [0.2, 0.25) is 0 Å². The van der Waals surface area contributed by atoms with Crippen LogP contribution in [-0.2, 0) is 9.84 Å². The van der Waals surface area contributed by atoms with Gasteiger partial charge in [-0.15, -0.1) is 0 Å². The van der Waals surface area contributed by atoms with Crippen molar-refractivity contribution in [2.45, 2.75) is 19.1 Å². The minimum Gasteiger partial charge on any atom is -0.497 e. The predicted octanol–water partition coefficient (Wildman–Crippen LogP) is 1.70. The van der Waals surface area contributed by atoms with Crippen molar-refractivity contribution in [2.75, 3.05) is 12.9 Å². The maximum absolute atomic E-state index is 11.9. The Morgan fingerprint density at radius 1 is 1.29 bits per heavy atom. The molecule has 0 aliphatic rings. The number of carbonyl (C=O) groups is 1. The summed E-state index contributed by atoms with van der Waals surface area (Å²) in [6.07, 6.45) is 0. The van der Waals surface area contributed by atoms with Gasteiger partial charge in [-0.05, 0) is 31.2 Å². The van der Waals surface area contributed by atoms with Crippen LogP contribution in [0.25, 0.3) is 0 Å². The molecular weight excluding hydrogens is 240 g/mol. The van der Waals surface area contributed by atoms with Crippen molar-refractivity contribution >= 4 is 15.6 Å². The number of benzene rings is 1. The van der Waals surface area contributed by atoms with Gasteiger partial charge in [-0.3, -0.25) is 4.79 Å². The minimum absolute atomic E-state index is 0.0317. The number of Topliss-reactive ketones (excluding diaryl/α,β-unsaturated/α-hetero) is 1. The molecule has 0 heterocycles. The van der Waals surface area contributed by atoms with Crippen LogP contribution in [0.3, 0.4) is 0 Å². The van der Waals surface area contributed by atoms with Gasteiger partial charge in [-0.2, -0.15) is 0 Å². The van der Waals surface area contributed by atoms with Crippen molar-refractivity contribution in [1.29, 1.82) is 0 Å². The average molecular weight is 256 g/mol. The highest BCUT2D eigenvalue weighted by Crippen LogP contribution is 2.15. The second-order valence-corrected chi connectivity index (χ2v) is 6.30. The molecule has 1 aromatic rings. The number of sulfone groups is 1. The van der Waals surface area contributed by atoms with E-state index in [0.29, 0.717) is 11.3 Å². The molecule has 0 radical (unpaired) electrons. The molecule has 0 saturated heterocycles. The Hall–Kier alpha value is -1.36. The summed E-state index contributed by atoms with van der Waals surface area (Å²) in [7, 11) is -1.81. The highest BCUT2D eigenvalue weighted by Gasteiger charge is 2.26. The summed E-state index contributed by atoms with van der Waals surface area (Å²) in [6, 6.07) is 6.42. The Kier molecular flexibility index (Phi) is 4.28. The number of ether oxygens (including phenoxy) is 1. The van der Waals surface area contributed by atoms with Gasteiger partial charge in [-0.1, -0.05) is 6.92 Å². The number of carbonyl (C=O) groups excluding carboxylic acids is 1. The third-order valence-corrected chi connectivity index (χ3v) is 4.78. The van der Waals surface area contributed by atoms with E-state index in [9.17, 15) is 13.2 Å². The molecule has 0 N–H and O–H groups in total. The van der Waals surface area contributed by atoms with Crippen LogP contribution < -0.4 is 4.74 Å². The SMILES string of the molecule is CCS(=O)(=O)C(C)C(=O)c1ccc(OC)cc1. The molecule has 0 amide bonds. The Morgan fingerprint density at radius 2 is 1.82 bits per heavy atom. The molecule has 0 aromatic heterocycles. The van der Waals surface area contributed by atoms with Crippen molar-refractivity contribution in [3.05, 3.63) is 29.8 Å². The Morgan fingerprint density at radius 3 is 2.24 bits per heavy atom. The predicted molar refractivity (Wildman–Crippen MR) is 66.2 cm³/mol. The van der Waals surface area contributed by atoms with E-state index in [-0.39, 0.29) is 11.5 Å². The molecule has 0 saturated carbocycles. The number of methoxy groups -OCH3 is 1. The molecule has 94 valence electrons. The lowest BCUT2D eigenvalue weighted by atomic mass is 10.1. The zero-order chi connectivity index (χ0) is 13.1. The third-order valence-electron chi connectivity index (χ3n) is 2.68. The number of rotatable bonds is 5. The van der Waals surface area contributed by atoms with Crippen molar-refractivity contribution < 1.29 is 17.9 Å². The molecule has 1 rings (SSSR count). The van der Waals surface area contributed by atoms with Crippen LogP contribution in [0.1, 0.15) is 24.2 Å². The largest absolute Gasteiger partial charge is 0.497 e. The first-order valence-corrected chi connectivity index (χ1v) is 7.03. The molecule has 0 aliphatic heterocycles. The van der Waals surface area contributed by atoms with Gasteiger partial charge in [0.05, 0.1) is 7.11 Å². The number of ketones is 1. The maximum atomic E-state index is 11.9. The van der Waals surface area contributed by atoms with Gasteiger partial charge in [0.1, 0.15) is 11.0 Å². The highest BCUT2D eigenvalue weighted by atomic mass is 32.2. The molecule has 1 atom stereocenters. The summed E-state index contributed by atoms with van der Waals surface area (Å²) >= 11 is 0. The lowest BCUT2D eigenvalue weighted by Gasteiger charge is -2.10. The quantitative estimate of drug-likeness (QED) is 0.752. The minimum atomic E-state index is -3.34. The summed E-state index contributed by atoms with van der Waals surface area (Å²) < 4.78 is 28.2. The van der Waals surface area contributed by atoms with Gasteiger partial charge in [0, 0.05) is 11.3 Å². The Labute approximate surface area is 102 Å². The zero-order valence-electron chi connectivity index (χ0n) is 10.1. The van der Waals surface area contributed by atoms with Gasteiger partial charge in [0.15, 0.2) is 15.6 Å². The van der Waals surface area contributed by atoms with Crippen LogP contribution in [0.4, 0.5) is 0 Å². The summed E-state index contributed by atoms with van der Waals surface area (Å²) in [6.45, 7) is 2.96. The van der Waals surface area contributed by atoms with Crippen LogP contribution in [0.15, 0.2) is 24.3 Å². The lowest BCUT2D eigenvalue weighted by Crippen LogP contribution is -2.28. The monoisotopic (exact) mass is 256 g/mol. The van der Waals surface area contributed by atoms with Gasteiger partial charge in [-0.25, -0.2) is 8.42 Å². The van der Waals surface area contributed by atoms with Crippen molar-refractivity contribution in [2.24, 2.45) is 0 Å². The standard InChI is InChI=1S/C12H16O4S/c1-4-17(14,15)9(2)12(13)10-5-7-11(16-3)8-6-10/h5-9H,4H2,1-3H3. The fraction of sp³-hybridized carbons (Fsp3) is 0.417. The van der Waals surface area contributed by atoms with E-state index >= 15 is 0 Å². The van der Waals surface area contributed by atoms with E-state index in [0.717, 1.165) is 0 Å². The average Bonchev–Trinajstić information content (AvgIpc) is 2.37. The Balaban J connectivity index is 2.97. The lowest BCUT2D eigenvalue weighted by molar-refractivity contribution is 0.0991. The van der Waals surface area contributed by atoms with Gasteiger partial charge < -0.3 is 4.74 Å². The molecule has 0 fully saturated rings. The second-order valence-electron chi connectivity index (χ2n) is 3.69. The van der Waals surface area contributed by atoms with Crippen LogP contribution >= 0.6 is 0 Å². The normalized spacial score (nSPS) is 13.1. The molecule has 0 aliphatic carbocycles. The first-order valence-electron chi connectivity index (χ1n) is 5.32. The van der Waals surface area contributed by atoms with Crippen molar-refractivity contribution in [3.8, 4) is 5.75 Å². The molecule has 1 unspecified atom stereocenters. The molecule has 0 spiro atoms. The van der Waals surface area contributed by atoms with Crippen molar-refractivity contribution in [1.82, 2.24) is 0 Å². The van der Waals surface area contributed by atoms with Crippen LogP contribution in [0.5, 0.6) is 5.75 Å². The van der Waals surface area contributed by atoms with E-state index in [4.69, 9.17) is 4.74 Å². The number of hydrogen-bond acceptors (Lipinski definition) is 4. The summed E-state index contributed by atoms with van der Waals surface area (Å²) in [4.78, 5) is 11.9. The van der Waals surface area contributed by atoms with E-state index in [1.54, 1.807) is 24.3 Å². The molecule has 1 aromatic carbocycles.